The summed E-state index contributed by atoms with van der Waals surface area (Å²) in [6.07, 6.45) is 3.46. The van der Waals surface area contributed by atoms with Gasteiger partial charge in [-0.1, -0.05) is 26.8 Å². The maximum atomic E-state index is 11.6. The second kappa shape index (κ2) is 7.24. The van der Waals surface area contributed by atoms with E-state index >= 15 is 0 Å². The Balaban J connectivity index is 4.15. The summed E-state index contributed by atoms with van der Waals surface area (Å²) in [6, 6.07) is -0.316. The van der Waals surface area contributed by atoms with Crippen LogP contribution in [0.3, 0.4) is 0 Å². The fourth-order valence-corrected chi connectivity index (χ4v) is 1.01. The number of allylic oxidation sites excluding steroid dienone is 1. The summed E-state index contributed by atoms with van der Waals surface area (Å²) >= 11 is 0. The minimum atomic E-state index is -0.316. The van der Waals surface area contributed by atoms with Crippen LogP contribution in [0.15, 0.2) is 12.3 Å². The van der Waals surface area contributed by atoms with Gasteiger partial charge in [0, 0.05) is 19.3 Å². The molecule has 0 atom stereocenters. The summed E-state index contributed by atoms with van der Waals surface area (Å²) < 4.78 is 0. The molecule has 3 N–H and O–H groups in total. The maximum Gasteiger partial charge on any atom is 0.321 e. The highest BCUT2D eigenvalue weighted by molar-refractivity contribution is 5.75. The number of nitrogens with one attached hydrogen (secondary N) is 1. The van der Waals surface area contributed by atoms with Gasteiger partial charge in [0.25, 0.3) is 0 Å². The molecule has 5 heteroatoms. The quantitative estimate of drug-likeness (QED) is 0.645. The molecule has 0 bridgehead atoms. The van der Waals surface area contributed by atoms with Crippen LogP contribution in [0, 0.1) is 5.41 Å². The highest BCUT2D eigenvalue weighted by atomic mass is 16.3. The van der Waals surface area contributed by atoms with Crippen molar-refractivity contribution in [2.45, 2.75) is 20.8 Å². The van der Waals surface area contributed by atoms with Gasteiger partial charge in [0.2, 0.25) is 0 Å². The summed E-state index contributed by atoms with van der Waals surface area (Å²) in [6.45, 7) is 6.27. The molecule has 94 valence electrons. The first-order valence-electron chi connectivity index (χ1n) is 5.35. The highest BCUT2D eigenvalue weighted by Crippen LogP contribution is 2.13. The average Bonchev–Trinajstić information content (AvgIpc) is 2.15. The van der Waals surface area contributed by atoms with E-state index in [-0.39, 0.29) is 37.7 Å². The van der Waals surface area contributed by atoms with Crippen LogP contribution in [0.2, 0.25) is 0 Å². The Kier molecular flexibility index (Phi) is 6.76. The average molecular weight is 230 g/mol. The molecule has 0 radical (unpaired) electrons. The van der Waals surface area contributed by atoms with Gasteiger partial charge in [-0.3, -0.25) is 0 Å². The van der Waals surface area contributed by atoms with E-state index in [0.717, 1.165) is 0 Å². The monoisotopic (exact) mass is 230 g/mol. The van der Waals surface area contributed by atoms with Gasteiger partial charge in [-0.2, -0.15) is 0 Å². The van der Waals surface area contributed by atoms with Crippen molar-refractivity contribution in [2.75, 3.05) is 26.3 Å². The van der Waals surface area contributed by atoms with Gasteiger partial charge in [-0.25, -0.2) is 4.79 Å². The van der Waals surface area contributed by atoms with E-state index in [2.05, 4.69) is 5.32 Å². The van der Waals surface area contributed by atoms with Gasteiger partial charge in [0.05, 0.1) is 13.2 Å². The first-order chi connectivity index (χ1) is 7.40. The topological polar surface area (TPSA) is 72.8 Å². The molecule has 0 heterocycles. The lowest BCUT2D eigenvalue weighted by Gasteiger charge is -2.20. The van der Waals surface area contributed by atoms with Gasteiger partial charge in [0.15, 0.2) is 0 Å². The summed E-state index contributed by atoms with van der Waals surface area (Å²) in [4.78, 5) is 12.9. The lowest BCUT2D eigenvalue weighted by molar-refractivity contribution is 0.161. The zero-order chi connectivity index (χ0) is 12.6. The van der Waals surface area contributed by atoms with Crippen LogP contribution in [0.1, 0.15) is 20.8 Å². The van der Waals surface area contributed by atoms with Crippen LogP contribution in [0.5, 0.6) is 0 Å². The molecule has 0 saturated heterocycles. The fraction of sp³-hybridized carbons (Fsp3) is 0.727. The predicted octanol–water partition coefficient (Wildman–Crippen LogP) is 0.542. The summed E-state index contributed by atoms with van der Waals surface area (Å²) in [5, 5.41) is 20.1. The van der Waals surface area contributed by atoms with Crippen molar-refractivity contribution in [3.63, 3.8) is 0 Å². The van der Waals surface area contributed by atoms with E-state index in [0.29, 0.717) is 0 Å². The molecule has 0 aromatic carbocycles. The van der Waals surface area contributed by atoms with Gasteiger partial charge < -0.3 is 20.4 Å². The van der Waals surface area contributed by atoms with Crippen LogP contribution < -0.4 is 5.32 Å². The molecule has 0 aromatic rings. The minimum Gasteiger partial charge on any atom is -0.395 e. The maximum absolute atomic E-state index is 11.6. The van der Waals surface area contributed by atoms with Gasteiger partial charge in [-0.05, 0) is 5.41 Å². The number of carbonyl (C=O) groups is 1. The van der Waals surface area contributed by atoms with Crippen molar-refractivity contribution >= 4 is 6.03 Å². The second-order valence-electron chi connectivity index (χ2n) is 4.58. The van der Waals surface area contributed by atoms with Crippen molar-refractivity contribution in [1.29, 1.82) is 0 Å². The van der Waals surface area contributed by atoms with E-state index in [9.17, 15) is 4.79 Å². The number of hydrogen-bond donors (Lipinski definition) is 3. The molecule has 5 nitrogen and oxygen atoms in total. The molecule has 0 saturated carbocycles. The molecule has 16 heavy (non-hydrogen) atoms. The van der Waals surface area contributed by atoms with E-state index < -0.39 is 0 Å². The predicted molar refractivity (Wildman–Crippen MR) is 62.9 cm³/mol. The molecule has 0 aliphatic heterocycles. The van der Waals surface area contributed by atoms with Crippen molar-refractivity contribution in [3.8, 4) is 0 Å². The molecule has 0 spiro atoms. The van der Waals surface area contributed by atoms with E-state index in [1.54, 1.807) is 6.20 Å². The Morgan fingerprint density at radius 1 is 1.25 bits per heavy atom. The Hall–Kier alpha value is -1.07. The number of aliphatic hydroxyl groups is 2. The zero-order valence-corrected chi connectivity index (χ0v) is 10.2. The molecule has 2 amide bonds. The molecular formula is C11H22N2O3. The second-order valence-corrected chi connectivity index (χ2v) is 4.58. The van der Waals surface area contributed by atoms with E-state index in [1.165, 1.54) is 4.90 Å². The fourth-order valence-electron chi connectivity index (χ4n) is 1.01. The number of aliphatic hydroxyl groups excluding tert-OH is 2. The van der Waals surface area contributed by atoms with Crippen LogP contribution in [-0.2, 0) is 0 Å². The first-order valence-corrected chi connectivity index (χ1v) is 5.35. The Morgan fingerprint density at radius 3 is 2.12 bits per heavy atom. The molecule has 0 aliphatic rings. The SMILES string of the molecule is CC(C)(C)/C=C/NC(=O)N(CCO)CCO. The van der Waals surface area contributed by atoms with Crippen LogP contribution >= 0.6 is 0 Å². The van der Waals surface area contributed by atoms with Crippen LogP contribution in [0.25, 0.3) is 0 Å². The van der Waals surface area contributed by atoms with Crippen LogP contribution in [0.4, 0.5) is 4.79 Å². The Bertz CT molecular complexity index is 228. The van der Waals surface area contributed by atoms with E-state index in [4.69, 9.17) is 10.2 Å². The molecule has 0 fully saturated rings. The molecule has 0 unspecified atom stereocenters. The molecule has 0 aliphatic carbocycles. The summed E-state index contributed by atoms with van der Waals surface area (Å²) in [5.41, 5.74) is 0.00602. The zero-order valence-electron chi connectivity index (χ0n) is 10.2. The standard InChI is InChI=1S/C11H22N2O3/c1-11(2,3)4-5-12-10(16)13(6-8-14)7-9-15/h4-5,14-15H,6-9H2,1-3H3,(H,12,16)/b5-4+. The van der Waals surface area contributed by atoms with Crippen molar-refractivity contribution < 1.29 is 15.0 Å². The minimum absolute atomic E-state index is 0.00602. The third-order valence-corrected chi connectivity index (χ3v) is 1.82. The lowest BCUT2D eigenvalue weighted by Crippen LogP contribution is -2.41. The third-order valence-electron chi connectivity index (χ3n) is 1.82. The number of nitrogens with zero attached hydrogens (tertiary/aromatic N) is 1. The summed E-state index contributed by atoms with van der Waals surface area (Å²) in [7, 11) is 0. The molecular weight excluding hydrogens is 208 g/mol. The van der Waals surface area contributed by atoms with Gasteiger partial charge in [-0.15, -0.1) is 0 Å². The highest BCUT2D eigenvalue weighted by Gasteiger charge is 2.10. The van der Waals surface area contributed by atoms with E-state index in [1.807, 2.05) is 26.8 Å². The molecule has 0 aromatic heterocycles. The molecule has 0 rings (SSSR count). The van der Waals surface area contributed by atoms with Gasteiger partial charge >= 0.3 is 6.03 Å². The normalized spacial score (nSPS) is 11.8. The van der Waals surface area contributed by atoms with Gasteiger partial charge in [0.1, 0.15) is 0 Å². The van der Waals surface area contributed by atoms with Crippen LogP contribution in [-0.4, -0.2) is 47.4 Å². The number of amides is 2. The Morgan fingerprint density at radius 2 is 1.75 bits per heavy atom. The van der Waals surface area contributed by atoms with Crippen molar-refractivity contribution in [1.82, 2.24) is 10.2 Å². The largest absolute Gasteiger partial charge is 0.395 e. The van der Waals surface area contributed by atoms with Crippen molar-refractivity contribution in [3.05, 3.63) is 12.3 Å². The number of carbonyl (C=O) groups excluding carboxylic acids is 1. The number of rotatable bonds is 5. The third kappa shape index (κ3) is 7.25. The summed E-state index contributed by atoms with van der Waals surface area (Å²) in [5.74, 6) is 0. The van der Waals surface area contributed by atoms with Crippen molar-refractivity contribution in [2.24, 2.45) is 5.41 Å². The number of hydrogen-bond acceptors (Lipinski definition) is 3. The lowest BCUT2D eigenvalue weighted by atomic mass is 9.97. The first kappa shape index (κ1) is 14.9. The smallest absolute Gasteiger partial charge is 0.321 e. The number of urea groups is 1. The Labute approximate surface area is 96.8 Å².